The molecule has 15 heavy (non-hydrogen) atoms. The third-order valence-electron chi connectivity index (χ3n) is 2.42. The molecular formula is C12H18S3. The first-order valence-electron chi connectivity index (χ1n) is 4.98. The van der Waals surface area contributed by atoms with Crippen LogP contribution in [0.1, 0.15) is 22.3 Å². The minimum absolute atomic E-state index is 1.30. The molecule has 0 saturated carbocycles. The zero-order valence-electron chi connectivity index (χ0n) is 9.79. The van der Waals surface area contributed by atoms with Crippen LogP contribution in [0.25, 0.3) is 0 Å². The van der Waals surface area contributed by atoms with Crippen LogP contribution in [0.15, 0.2) is 12.1 Å². The second kappa shape index (κ2) is 6.77. The molecule has 0 N–H and O–H groups in total. The molecule has 1 aromatic carbocycles. The van der Waals surface area contributed by atoms with Gasteiger partial charge in [-0.15, -0.1) is 11.8 Å². The van der Waals surface area contributed by atoms with Crippen molar-refractivity contribution in [1.82, 2.24) is 0 Å². The molecule has 0 amide bonds. The van der Waals surface area contributed by atoms with Crippen LogP contribution in [0.4, 0.5) is 0 Å². The van der Waals surface area contributed by atoms with Crippen LogP contribution in [-0.2, 0) is 0 Å². The minimum Gasteiger partial charge on any atom is -0.138 e. The predicted octanol–water partition coefficient (Wildman–Crippen LogP) is 4.95. The summed E-state index contributed by atoms with van der Waals surface area (Å²) in [5.74, 6) is 0. The summed E-state index contributed by atoms with van der Waals surface area (Å²) in [6.07, 6.45) is 0. The van der Waals surface area contributed by atoms with E-state index in [1.807, 2.05) is 33.3 Å². The highest BCUT2D eigenvalue weighted by Crippen LogP contribution is 2.36. The van der Waals surface area contributed by atoms with Gasteiger partial charge in [0.25, 0.3) is 0 Å². The molecule has 1 fully saturated rings. The highest BCUT2D eigenvalue weighted by molar-refractivity contribution is 8.82. The van der Waals surface area contributed by atoms with E-state index < -0.39 is 0 Å². The van der Waals surface area contributed by atoms with E-state index in [9.17, 15) is 0 Å². The molecule has 1 saturated heterocycles. The number of thioether (sulfide) groups is 1. The van der Waals surface area contributed by atoms with Crippen molar-refractivity contribution in [2.45, 2.75) is 27.7 Å². The molecule has 2 rings (SSSR count). The van der Waals surface area contributed by atoms with Gasteiger partial charge in [-0.2, -0.15) is 0 Å². The van der Waals surface area contributed by atoms with Crippen LogP contribution < -0.4 is 0 Å². The highest BCUT2D eigenvalue weighted by atomic mass is 33.1. The zero-order valence-corrected chi connectivity index (χ0v) is 12.2. The van der Waals surface area contributed by atoms with Gasteiger partial charge in [0.2, 0.25) is 0 Å². The fourth-order valence-electron chi connectivity index (χ4n) is 1.42. The third-order valence-corrected chi connectivity index (χ3v) is 6.92. The van der Waals surface area contributed by atoms with Crippen molar-refractivity contribution in [3.05, 3.63) is 34.4 Å². The van der Waals surface area contributed by atoms with E-state index in [4.69, 9.17) is 0 Å². The highest BCUT2D eigenvalue weighted by Gasteiger charge is 1.97. The molecule has 0 bridgehead atoms. The van der Waals surface area contributed by atoms with E-state index in [2.05, 4.69) is 39.8 Å². The molecule has 0 unspecified atom stereocenters. The molecule has 0 atom stereocenters. The molecule has 0 spiro atoms. The fraction of sp³-hybridized carbons (Fsp3) is 0.500. The van der Waals surface area contributed by atoms with Crippen molar-refractivity contribution < 1.29 is 0 Å². The standard InChI is InChI=1S/C10H14.C2H4S3/c1-7-5-8(2)10(4)9(3)6-7;1-3-2-5-4-1/h5-6H,1-4H3;1-2H2. The van der Waals surface area contributed by atoms with Gasteiger partial charge in [0, 0.05) is 0 Å². The maximum absolute atomic E-state index is 2.22. The van der Waals surface area contributed by atoms with Gasteiger partial charge in [-0.25, -0.2) is 0 Å². The van der Waals surface area contributed by atoms with Gasteiger partial charge in [0.15, 0.2) is 0 Å². The fourth-order valence-corrected chi connectivity index (χ4v) is 5.84. The Morgan fingerprint density at radius 3 is 1.67 bits per heavy atom. The van der Waals surface area contributed by atoms with E-state index in [1.54, 1.807) is 0 Å². The maximum atomic E-state index is 2.22. The lowest BCUT2D eigenvalue weighted by Gasteiger charge is -2.04. The number of hydrogen-bond donors (Lipinski definition) is 0. The van der Waals surface area contributed by atoms with Crippen LogP contribution in [0.5, 0.6) is 0 Å². The summed E-state index contributed by atoms with van der Waals surface area (Å²) in [5.41, 5.74) is 5.58. The number of rotatable bonds is 0. The lowest BCUT2D eigenvalue weighted by Crippen LogP contribution is -1.86. The lowest BCUT2D eigenvalue weighted by atomic mass is 10.0. The van der Waals surface area contributed by atoms with E-state index in [0.29, 0.717) is 0 Å². The summed E-state index contributed by atoms with van der Waals surface area (Å²) < 4.78 is 0. The van der Waals surface area contributed by atoms with Crippen molar-refractivity contribution in [2.75, 3.05) is 10.2 Å². The topological polar surface area (TPSA) is 0 Å². The molecule has 1 aliphatic rings. The van der Waals surface area contributed by atoms with Crippen molar-refractivity contribution in [2.24, 2.45) is 0 Å². The molecule has 1 heterocycles. The Balaban J connectivity index is 0.000000187. The van der Waals surface area contributed by atoms with Crippen molar-refractivity contribution in [1.29, 1.82) is 0 Å². The molecule has 1 aromatic rings. The van der Waals surface area contributed by atoms with Crippen LogP contribution >= 0.6 is 33.3 Å². The Morgan fingerprint density at radius 2 is 1.33 bits per heavy atom. The minimum atomic E-state index is 1.30. The summed E-state index contributed by atoms with van der Waals surface area (Å²) in [7, 11) is 3.91. The molecular weight excluding hydrogens is 240 g/mol. The second-order valence-corrected chi connectivity index (χ2v) is 7.88. The zero-order chi connectivity index (χ0) is 11.3. The summed E-state index contributed by atoms with van der Waals surface area (Å²) >= 11 is 2.00. The summed E-state index contributed by atoms with van der Waals surface area (Å²) in [6.45, 7) is 8.63. The first-order valence-corrected chi connectivity index (χ1v) is 8.62. The Labute approximate surface area is 105 Å². The summed E-state index contributed by atoms with van der Waals surface area (Å²) in [5, 5.41) is 2.59. The Morgan fingerprint density at radius 1 is 0.867 bits per heavy atom. The van der Waals surface area contributed by atoms with Gasteiger partial charge >= 0.3 is 0 Å². The Kier molecular flexibility index (Phi) is 6.02. The molecule has 0 aromatic heterocycles. The van der Waals surface area contributed by atoms with E-state index in [-0.39, 0.29) is 0 Å². The van der Waals surface area contributed by atoms with Gasteiger partial charge in [-0.1, -0.05) is 39.3 Å². The van der Waals surface area contributed by atoms with E-state index in [0.717, 1.165) is 0 Å². The van der Waals surface area contributed by atoms with Crippen LogP contribution in [0.2, 0.25) is 0 Å². The molecule has 3 heteroatoms. The van der Waals surface area contributed by atoms with E-state index >= 15 is 0 Å². The normalized spacial score (nSPS) is 14.7. The van der Waals surface area contributed by atoms with Gasteiger partial charge in [-0.05, 0) is 44.4 Å². The van der Waals surface area contributed by atoms with Crippen LogP contribution in [0.3, 0.4) is 0 Å². The number of aryl methyl sites for hydroxylation is 3. The monoisotopic (exact) mass is 258 g/mol. The van der Waals surface area contributed by atoms with Crippen LogP contribution in [0, 0.1) is 27.7 Å². The molecule has 84 valence electrons. The molecule has 0 nitrogen and oxygen atoms in total. The van der Waals surface area contributed by atoms with Crippen LogP contribution in [-0.4, -0.2) is 10.2 Å². The largest absolute Gasteiger partial charge is 0.138 e. The first-order chi connectivity index (χ1) is 7.11. The third kappa shape index (κ3) is 4.75. The van der Waals surface area contributed by atoms with E-state index in [1.165, 1.54) is 32.4 Å². The molecule has 0 aliphatic carbocycles. The SMILES string of the molecule is C1SCSS1.Cc1cc(C)c(C)c(C)c1. The second-order valence-electron chi connectivity index (χ2n) is 3.70. The van der Waals surface area contributed by atoms with Gasteiger partial charge in [0.1, 0.15) is 0 Å². The summed E-state index contributed by atoms with van der Waals surface area (Å²) in [4.78, 5) is 0. The average molecular weight is 258 g/mol. The molecule has 1 aliphatic heterocycles. The van der Waals surface area contributed by atoms with Crippen molar-refractivity contribution in [3.63, 3.8) is 0 Å². The predicted molar refractivity (Wildman–Crippen MR) is 77.9 cm³/mol. The smallest absolute Gasteiger partial charge is 0.0505 e. The first kappa shape index (κ1) is 13.3. The van der Waals surface area contributed by atoms with Gasteiger partial charge in [0.05, 0.1) is 10.2 Å². The summed E-state index contributed by atoms with van der Waals surface area (Å²) in [6, 6.07) is 4.45. The number of benzene rings is 1. The molecule has 0 radical (unpaired) electrons. The van der Waals surface area contributed by atoms with Crippen molar-refractivity contribution >= 4 is 33.3 Å². The quantitative estimate of drug-likeness (QED) is 0.604. The lowest BCUT2D eigenvalue weighted by molar-refractivity contribution is 1.23. The van der Waals surface area contributed by atoms with Gasteiger partial charge in [-0.3, -0.25) is 0 Å². The van der Waals surface area contributed by atoms with Gasteiger partial charge < -0.3 is 0 Å². The Bertz CT molecular complexity index is 286. The maximum Gasteiger partial charge on any atom is 0.0505 e. The Hall–Kier alpha value is 0.270. The number of hydrogen-bond acceptors (Lipinski definition) is 3. The average Bonchev–Trinajstić information content (AvgIpc) is 2.71. The van der Waals surface area contributed by atoms with Crippen molar-refractivity contribution in [3.8, 4) is 0 Å².